The van der Waals surface area contributed by atoms with Gasteiger partial charge in [0.15, 0.2) is 6.29 Å². The Hall–Kier alpha value is -1.99. The Morgan fingerprint density at radius 3 is 2.50 bits per heavy atom. The molecule has 2 saturated heterocycles. The van der Waals surface area contributed by atoms with E-state index in [4.69, 9.17) is 14.3 Å². The zero-order valence-corrected chi connectivity index (χ0v) is 25.2. The summed E-state index contributed by atoms with van der Waals surface area (Å²) in [5, 5.41) is 0. The van der Waals surface area contributed by atoms with E-state index in [-0.39, 0.29) is 17.4 Å². The highest BCUT2D eigenvalue weighted by Gasteiger charge is 2.38. The second-order valence-corrected chi connectivity index (χ2v) is 13.6. The molecule has 2 atom stereocenters. The molecule has 0 aromatic heterocycles. The van der Waals surface area contributed by atoms with Crippen LogP contribution in [0.3, 0.4) is 0 Å². The molecule has 9 nitrogen and oxygen atoms in total. The van der Waals surface area contributed by atoms with Gasteiger partial charge < -0.3 is 9.47 Å². The summed E-state index contributed by atoms with van der Waals surface area (Å²) >= 11 is 1.58. The van der Waals surface area contributed by atoms with E-state index in [2.05, 4.69) is 16.4 Å². The standard InChI is InChI=1S/C29H41N3O6S2/c1-22(2)28(29(33)30-38-27-9-4-5-18-37-27)32(15-14-31-16-19-36-20-17-31)40(34,35)26-12-10-24(11-13-26)39-25-8-6-7-23(3)21-25/h6-8,10-13,21-22,27-28H,4-5,9,14-20H2,1-3H3,(H,30,33). The number of nitrogens with one attached hydrogen (secondary N) is 1. The van der Waals surface area contributed by atoms with Gasteiger partial charge in [-0.15, -0.1) is 0 Å². The molecular weight excluding hydrogens is 550 g/mol. The number of hydrogen-bond acceptors (Lipinski definition) is 8. The van der Waals surface area contributed by atoms with E-state index in [1.807, 2.05) is 51.1 Å². The summed E-state index contributed by atoms with van der Waals surface area (Å²) < 4.78 is 40.6. The minimum atomic E-state index is -4.01. The molecule has 2 aliphatic heterocycles. The number of nitrogens with zero attached hydrogens (tertiary/aromatic N) is 2. The van der Waals surface area contributed by atoms with E-state index < -0.39 is 28.3 Å². The minimum Gasteiger partial charge on any atom is -0.379 e. The number of hydrogen-bond donors (Lipinski definition) is 1. The highest BCUT2D eigenvalue weighted by molar-refractivity contribution is 7.99. The first-order chi connectivity index (χ1) is 19.2. The summed E-state index contributed by atoms with van der Waals surface area (Å²) in [6.45, 7) is 9.63. The van der Waals surface area contributed by atoms with Gasteiger partial charge in [-0.1, -0.05) is 43.3 Å². The topological polar surface area (TPSA) is 97.4 Å². The number of hydroxylamine groups is 1. The smallest absolute Gasteiger partial charge is 0.262 e. The third-order valence-electron chi connectivity index (χ3n) is 7.04. The van der Waals surface area contributed by atoms with Crippen molar-refractivity contribution in [3.63, 3.8) is 0 Å². The van der Waals surface area contributed by atoms with Gasteiger partial charge in [0, 0.05) is 49.0 Å². The molecule has 0 spiro atoms. The molecule has 11 heteroatoms. The molecule has 1 N–H and O–H groups in total. The molecule has 4 rings (SSSR count). The van der Waals surface area contributed by atoms with Crippen LogP contribution in [-0.4, -0.2) is 81.9 Å². The van der Waals surface area contributed by atoms with Crippen LogP contribution >= 0.6 is 11.8 Å². The van der Waals surface area contributed by atoms with Gasteiger partial charge in [0.2, 0.25) is 10.0 Å². The maximum absolute atomic E-state index is 14.1. The van der Waals surface area contributed by atoms with Gasteiger partial charge in [0.05, 0.1) is 18.1 Å². The molecule has 2 fully saturated rings. The lowest BCUT2D eigenvalue weighted by molar-refractivity contribution is -0.202. The second kappa shape index (κ2) is 14.8. The molecule has 0 aliphatic carbocycles. The molecule has 0 bridgehead atoms. The molecule has 0 saturated carbocycles. The molecule has 2 aliphatic rings. The molecule has 2 aromatic carbocycles. The fourth-order valence-corrected chi connectivity index (χ4v) is 7.50. The zero-order chi connectivity index (χ0) is 28.5. The lowest BCUT2D eigenvalue weighted by Crippen LogP contribution is -2.55. The lowest BCUT2D eigenvalue weighted by Gasteiger charge is -2.35. The fourth-order valence-electron chi connectivity index (χ4n) is 4.86. The number of benzene rings is 2. The van der Waals surface area contributed by atoms with Crippen LogP contribution in [-0.2, 0) is 29.1 Å². The summed E-state index contributed by atoms with van der Waals surface area (Å²) in [6.07, 6.45) is 2.06. The van der Waals surface area contributed by atoms with E-state index in [0.717, 1.165) is 41.3 Å². The fraction of sp³-hybridized carbons (Fsp3) is 0.552. The van der Waals surface area contributed by atoms with Crippen molar-refractivity contribution in [2.45, 2.75) is 67.1 Å². The summed E-state index contributed by atoms with van der Waals surface area (Å²) in [5.74, 6) is -0.798. The summed E-state index contributed by atoms with van der Waals surface area (Å²) in [4.78, 5) is 23.3. The van der Waals surface area contributed by atoms with Crippen LogP contribution in [0.2, 0.25) is 0 Å². The largest absolute Gasteiger partial charge is 0.379 e. The monoisotopic (exact) mass is 591 g/mol. The van der Waals surface area contributed by atoms with Crippen LogP contribution in [0.4, 0.5) is 0 Å². The van der Waals surface area contributed by atoms with Crippen LogP contribution < -0.4 is 5.48 Å². The SMILES string of the molecule is Cc1cccc(Sc2ccc(S(=O)(=O)N(CCN3CCOCC3)C(C(=O)NOC3CCCCO3)C(C)C)cc2)c1. The average Bonchev–Trinajstić information content (AvgIpc) is 2.95. The van der Waals surface area contributed by atoms with Crippen molar-refractivity contribution in [1.82, 2.24) is 14.7 Å². The van der Waals surface area contributed by atoms with Crippen molar-refractivity contribution in [3.05, 3.63) is 54.1 Å². The van der Waals surface area contributed by atoms with Crippen molar-refractivity contribution in [1.29, 1.82) is 0 Å². The molecule has 220 valence electrons. The highest BCUT2D eigenvalue weighted by atomic mass is 32.2. The molecule has 1 amide bonds. The number of sulfonamides is 1. The van der Waals surface area contributed by atoms with E-state index >= 15 is 0 Å². The van der Waals surface area contributed by atoms with Crippen LogP contribution in [0, 0.1) is 12.8 Å². The maximum atomic E-state index is 14.1. The molecular formula is C29H41N3O6S2. The van der Waals surface area contributed by atoms with Crippen molar-refractivity contribution in [2.75, 3.05) is 46.0 Å². The Morgan fingerprint density at radius 1 is 1.10 bits per heavy atom. The summed E-state index contributed by atoms with van der Waals surface area (Å²) in [6, 6.07) is 14.1. The highest BCUT2D eigenvalue weighted by Crippen LogP contribution is 2.30. The van der Waals surface area contributed by atoms with Gasteiger partial charge >= 0.3 is 0 Å². The molecule has 0 radical (unpaired) electrons. The summed E-state index contributed by atoms with van der Waals surface area (Å²) in [5.41, 5.74) is 3.67. The number of aryl methyl sites for hydroxylation is 1. The van der Waals surface area contributed by atoms with E-state index in [1.165, 1.54) is 4.31 Å². The maximum Gasteiger partial charge on any atom is 0.262 e. The van der Waals surface area contributed by atoms with Gasteiger partial charge in [-0.05, 0) is 62.1 Å². The number of morpholine rings is 1. The third kappa shape index (κ3) is 8.51. The number of amides is 1. The normalized spacial score (nSPS) is 19.6. The second-order valence-electron chi connectivity index (χ2n) is 10.5. The van der Waals surface area contributed by atoms with Crippen LogP contribution in [0.25, 0.3) is 0 Å². The summed E-state index contributed by atoms with van der Waals surface area (Å²) in [7, 11) is -4.01. The van der Waals surface area contributed by atoms with Crippen LogP contribution in [0.5, 0.6) is 0 Å². The van der Waals surface area contributed by atoms with Crippen LogP contribution in [0.15, 0.2) is 63.2 Å². The Labute approximate surface area is 242 Å². The Bertz CT molecular complexity index is 1200. The molecule has 2 heterocycles. The predicted octanol–water partition coefficient (Wildman–Crippen LogP) is 4.07. The van der Waals surface area contributed by atoms with E-state index in [9.17, 15) is 13.2 Å². The van der Waals surface area contributed by atoms with Gasteiger partial charge in [-0.2, -0.15) is 4.31 Å². The first kappa shape index (κ1) is 31.0. The first-order valence-electron chi connectivity index (χ1n) is 14.0. The number of ether oxygens (including phenoxy) is 2. The van der Waals surface area contributed by atoms with E-state index in [0.29, 0.717) is 32.8 Å². The quantitative estimate of drug-likeness (QED) is 0.369. The minimum absolute atomic E-state index is 0.151. The van der Waals surface area contributed by atoms with Crippen molar-refractivity contribution < 1.29 is 27.5 Å². The molecule has 40 heavy (non-hydrogen) atoms. The van der Waals surface area contributed by atoms with Crippen molar-refractivity contribution in [2.24, 2.45) is 5.92 Å². The van der Waals surface area contributed by atoms with E-state index in [1.54, 1.807) is 23.9 Å². The Morgan fingerprint density at radius 2 is 1.85 bits per heavy atom. The third-order valence-corrected chi connectivity index (χ3v) is 9.93. The lowest BCUT2D eigenvalue weighted by atomic mass is 10.0. The van der Waals surface area contributed by atoms with Crippen molar-refractivity contribution >= 4 is 27.7 Å². The first-order valence-corrected chi connectivity index (χ1v) is 16.2. The number of carbonyl (C=O) groups excluding carboxylic acids is 1. The zero-order valence-electron chi connectivity index (χ0n) is 23.6. The van der Waals surface area contributed by atoms with Gasteiger partial charge in [0.1, 0.15) is 6.04 Å². The number of rotatable bonds is 12. The average molecular weight is 592 g/mol. The van der Waals surface area contributed by atoms with Crippen molar-refractivity contribution in [3.8, 4) is 0 Å². The predicted molar refractivity (Wildman–Crippen MR) is 154 cm³/mol. The molecule has 2 aromatic rings. The molecule has 2 unspecified atom stereocenters. The van der Waals surface area contributed by atoms with Crippen LogP contribution in [0.1, 0.15) is 38.7 Å². The Kier molecular flexibility index (Phi) is 11.4. The van der Waals surface area contributed by atoms with Gasteiger partial charge in [-0.3, -0.25) is 9.69 Å². The number of carbonyl (C=O) groups is 1. The van der Waals surface area contributed by atoms with Gasteiger partial charge in [0.25, 0.3) is 5.91 Å². The Balaban J connectivity index is 1.54. The van der Waals surface area contributed by atoms with Gasteiger partial charge in [-0.25, -0.2) is 18.7 Å².